The van der Waals surface area contributed by atoms with E-state index in [1.165, 1.54) is 0 Å². The summed E-state index contributed by atoms with van der Waals surface area (Å²) >= 11 is 0. The lowest BCUT2D eigenvalue weighted by Gasteiger charge is -2.21. The van der Waals surface area contributed by atoms with Gasteiger partial charge in [-0.1, -0.05) is 24.3 Å². The lowest BCUT2D eigenvalue weighted by molar-refractivity contribution is -0.121. The highest BCUT2D eigenvalue weighted by Crippen LogP contribution is 2.26. The second-order valence-electron chi connectivity index (χ2n) is 6.94. The third-order valence-corrected chi connectivity index (χ3v) is 4.88. The maximum atomic E-state index is 12.9. The van der Waals surface area contributed by atoms with Gasteiger partial charge in [-0.25, -0.2) is 4.98 Å². The summed E-state index contributed by atoms with van der Waals surface area (Å²) in [4.78, 5) is 32.0. The Morgan fingerprint density at radius 3 is 1.90 bits per heavy atom. The first-order valence-corrected chi connectivity index (χ1v) is 9.55. The van der Waals surface area contributed by atoms with Crippen molar-refractivity contribution >= 4 is 5.91 Å². The molecule has 2 aromatic carbocycles. The molecule has 7 nitrogen and oxygen atoms in total. The van der Waals surface area contributed by atoms with E-state index in [0.717, 1.165) is 22.6 Å². The molecule has 0 radical (unpaired) electrons. The van der Waals surface area contributed by atoms with Gasteiger partial charge in [0.2, 0.25) is 5.91 Å². The highest BCUT2D eigenvalue weighted by atomic mass is 16.5. The van der Waals surface area contributed by atoms with Crippen molar-refractivity contribution in [3.63, 3.8) is 0 Å². The van der Waals surface area contributed by atoms with Crippen molar-refractivity contribution in [2.75, 3.05) is 14.2 Å². The van der Waals surface area contributed by atoms with Crippen LogP contribution >= 0.6 is 0 Å². The van der Waals surface area contributed by atoms with Crippen LogP contribution in [0.5, 0.6) is 11.5 Å². The molecule has 0 aliphatic rings. The van der Waals surface area contributed by atoms with Gasteiger partial charge < -0.3 is 19.8 Å². The fraction of sp³-hybridized carbons (Fsp3) is 0.261. The smallest absolute Gasteiger partial charge is 0.254 e. The average Bonchev–Trinajstić information content (AvgIpc) is 2.75. The Balaban J connectivity index is 1.89. The molecular weight excluding hydrogens is 382 g/mol. The molecule has 156 valence electrons. The topological polar surface area (TPSA) is 93.3 Å². The summed E-state index contributed by atoms with van der Waals surface area (Å²) in [5, 5.41) is 3.04. The van der Waals surface area contributed by atoms with E-state index < -0.39 is 6.04 Å². The summed E-state index contributed by atoms with van der Waals surface area (Å²) in [6, 6.07) is 14.6. The molecule has 0 bridgehead atoms. The normalized spacial score (nSPS) is 10.7. The van der Waals surface area contributed by atoms with Crippen molar-refractivity contribution in [2.45, 2.75) is 26.3 Å². The molecule has 0 saturated heterocycles. The number of carbonyl (C=O) groups excluding carboxylic acids is 1. The molecule has 1 aromatic heterocycles. The molecule has 0 atom stereocenters. The lowest BCUT2D eigenvalue weighted by atomic mass is 9.98. The Labute approximate surface area is 175 Å². The summed E-state index contributed by atoms with van der Waals surface area (Å²) in [5.41, 5.74) is 2.41. The van der Waals surface area contributed by atoms with Crippen molar-refractivity contribution in [1.82, 2.24) is 15.3 Å². The third kappa shape index (κ3) is 4.86. The predicted octanol–water partition coefficient (Wildman–Crippen LogP) is 2.85. The summed E-state index contributed by atoms with van der Waals surface area (Å²) in [6.45, 7) is 3.44. The van der Waals surface area contributed by atoms with Crippen molar-refractivity contribution in [3.8, 4) is 11.5 Å². The fourth-order valence-electron chi connectivity index (χ4n) is 3.28. The Kier molecular flexibility index (Phi) is 6.51. The van der Waals surface area contributed by atoms with Crippen LogP contribution in [0.15, 0.2) is 53.3 Å². The highest BCUT2D eigenvalue weighted by Gasteiger charge is 2.19. The fourth-order valence-corrected chi connectivity index (χ4v) is 3.28. The van der Waals surface area contributed by atoms with Crippen molar-refractivity contribution in [2.24, 2.45) is 0 Å². The van der Waals surface area contributed by atoms with E-state index in [-0.39, 0.29) is 17.9 Å². The van der Waals surface area contributed by atoms with Crippen LogP contribution in [0, 0.1) is 13.8 Å². The van der Waals surface area contributed by atoms with E-state index in [2.05, 4.69) is 15.3 Å². The number of methoxy groups -OCH3 is 2. The van der Waals surface area contributed by atoms with Gasteiger partial charge in [-0.2, -0.15) is 0 Å². The minimum absolute atomic E-state index is 0.0583. The molecule has 0 spiro atoms. The van der Waals surface area contributed by atoms with Crippen molar-refractivity contribution in [1.29, 1.82) is 0 Å². The van der Waals surface area contributed by atoms with E-state index in [0.29, 0.717) is 17.1 Å². The summed E-state index contributed by atoms with van der Waals surface area (Å²) in [7, 11) is 3.21. The molecule has 2 N–H and O–H groups in total. The maximum Gasteiger partial charge on any atom is 0.254 e. The molecule has 0 unspecified atom stereocenters. The van der Waals surface area contributed by atoms with Gasteiger partial charge in [-0.05, 0) is 49.2 Å². The third-order valence-electron chi connectivity index (χ3n) is 4.88. The van der Waals surface area contributed by atoms with Crippen LogP contribution < -0.4 is 20.3 Å². The molecule has 7 heteroatoms. The Bertz CT molecular complexity index is 1030. The van der Waals surface area contributed by atoms with E-state index >= 15 is 0 Å². The van der Waals surface area contributed by atoms with E-state index in [9.17, 15) is 9.59 Å². The summed E-state index contributed by atoms with van der Waals surface area (Å²) < 4.78 is 10.5. The number of hydrogen-bond acceptors (Lipinski definition) is 5. The first-order valence-electron chi connectivity index (χ1n) is 9.55. The minimum atomic E-state index is -0.396. The monoisotopic (exact) mass is 407 g/mol. The van der Waals surface area contributed by atoms with Gasteiger partial charge in [0.15, 0.2) is 0 Å². The van der Waals surface area contributed by atoms with Gasteiger partial charge in [-0.15, -0.1) is 0 Å². The number of rotatable bonds is 7. The van der Waals surface area contributed by atoms with Crippen LogP contribution in [0.3, 0.4) is 0 Å². The highest BCUT2D eigenvalue weighted by molar-refractivity contribution is 5.79. The molecule has 30 heavy (non-hydrogen) atoms. The molecule has 1 heterocycles. The number of amides is 1. The minimum Gasteiger partial charge on any atom is -0.497 e. The first-order chi connectivity index (χ1) is 14.4. The van der Waals surface area contributed by atoms with Gasteiger partial charge >= 0.3 is 0 Å². The van der Waals surface area contributed by atoms with Crippen LogP contribution in [0.4, 0.5) is 0 Å². The quantitative estimate of drug-likeness (QED) is 0.628. The number of nitrogens with one attached hydrogen (secondary N) is 2. The zero-order chi connectivity index (χ0) is 21.7. The Morgan fingerprint density at radius 1 is 0.967 bits per heavy atom. The summed E-state index contributed by atoms with van der Waals surface area (Å²) in [6.07, 6.45) is -0.0583. The first kappa shape index (κ1) is 21.1. The molecular formula is C23H25N3O4. The number of aromatic nitrogens is 2. The molecule has 3 rings (SSSR count). The standard InChI is InChI=1S/C23H25N3O4/c1-14-20(23(28)25-15(2)24-14)13-21(27)26-22(16-5-9-18(29-3)10-6-16)17-7-11-19(30-4)12-8-17/h5-12,22H,13H2,1-4H3,(H,26,27)(H,24,25,28). The van der Waals surface area contributed by atoms with Crippen LogP contribution in [0.25, 0.3) is 0 Å². The Morgan fingerprint density at radius 2 is 1.47 bits per heavy atom. The van der Waals surface area contributed by atoms with Crippen LogP contribution in [0.1, 0.15) is 34.3 Å². The number of aryl methyl sites for hydroxylation is 2. The van der Waals surface area contributed by atoms with Crippen molar-refractivity contribution in [3.05, 3.63) is 87.1 Å². The van der Waals surface area contributed by atoms with Gasteiger partial charge in [0.05, 0.1) is 26.7 Å². The number of carbonyl (C=O) groups is 1. The SMILES string of the molecule is COc1ccc(C(NC(=O)Cc2c(C)nc(C)[nH]c2=O)c2ccc(OC)cc2)cc1. The van der Waals surface area contributed by atoms with Gasteiger partial charge in [0.1, 0.15) is 17.3 Å². The van der Waals surface area contributed by atoms with E-state index in [1.807, 2.05) is 48.5 Å². The number of aromatic amines is 1. The molecule has 0 aliphatic heterocycles. The van der Waals surface area contributed by atoms with E-state index in [1.54, 1.807) is 28.1 Å². The second kappa shape index (κ2) is 9.26. The molecule has 3 aromatic rings. The average molecular weight is 407 g/mol. The number of hydrogen-bond donors (Lipinski definition) is 2. The number of nitrogens with zero attached hydrogens (tertiary/aromatic N) is 1. The predicted molar refractivity (Wildman–Crippen MR) is 114 cm³/mol. The Hall–Kier alpha value is -3.61. The second-order valence-corrected chi connectivity index (χ2v) is 6.94. The number of benzene rings is 2. The van der Waals surface area contributed by atoms with Crippen LogP contribution in [-0.4, -0.2) is 30.1 Å². The van der Waals surface area contributed by atoms with E-state index in [4.69, 9.17) is 9.47 Å². The number of H-pyrrole nitrogens is 1. The lowest BCUT2D eigenvalue weighted by Crippen LogP contribution is -2.33. The molecule has 0 aliphatic carbocycles. The molecule has 0 fully saturated rings. The van der Waals surface area contributed by atoms with Crippen LogP contribution in [0.2, 0.25) is 0 Å². The molecule has 1 amide bonds. The van der Waals surface area contributed by atoms with Gasteiger partial charge in [-0.3, -0.25) is 9.59 Å². The van der Waals surface area contributed by atoms with Crippen LogP contribution in [-0.2, 0) is 11.2 Å². The zero-order valence-electron chi connectivity index (χ0n) is 17.5. The van der Waals surface area contributed by atoms with Gasteiger partial charge in [0, 0.05) is 11.3 Å². The summed E-state index contributed by atoms with van der Waals surface area (Å²) in [5.74, 6) is 1.71. The van der Waals surface area contributed by atoms with Crippen molar-refractivity contribution < 1.29 is 14.3 Å². The zero-order valence-corrected chi connectivity index (χ0v) is 17.5. The number of ether oxygens (including phenoxy) is 2. The molecule has 0 saturated carbocycles. The van der Waals surface area contributed by atoms with Gasteiger partial charge in [0.25, 0.3) is 5.56 Å². The largest absolute Gasteiger partial charge is 0.497 e. The maximum absolute atomic E-state index is 12.9.